The first-order valence-electron chi connectivity index (χ1n) is 5.96. The average molecular weight is 306 g/mol. The number of thiazole rings is 1. The molecule has 1 aliphatic heterocycles. The molecule has 0 radical (unpaired) electrons. The Labute approximate surface area is 123 Å². The summed E-state index contributed by atoms with van der Waals surface area (Å²) in [6.45, 7) is 1.48. The molecule has 108 valence electrons. The van der Waals surface area contributed by atoms with E-state index in [0.29, 0.717) is 22.3 Å². The number of carboxylic acids is 1. The maximum absolute atomic E-state index is 11.4. The molecule has 21 heavy (non-hydrogen) atoms. The van der Waals surface area contributed by atoms with E-state index in [1.807, 2.05) is 0 Å². The average Bonchev–Trinajstić information content (AvgIpc) is 3.04. The van der Waals surface area contributed by atoms with Crippen LogP contribution in [0.3, 0.4) is 0 Å². The lowest BCUT2D eigenvalue weighted by molar-refractivity contribution is 0.0687. The van der Waals surface area contributed by atoms with E-state index in [1.165, 1.54) is 6.92 Å². The number of aromatic nitrogens is 1. The Morgan fingerprint density at radius 2 is 2.10 bits per heavy atom. The first-order valence-corrected chi connectivity index (χ1v) is 6.78. The predicted molar refractivity (Wildman–Crippen MR) is 74.9 cm³/mol. The maximum atomic E-state index is 11.4. The number of carbonyl (C=O) groups is 2. The smallest absolute Gasteiger partial charge is 0.356 e. The highest BCUT2D eigenvalue weighted by Gasteiger charge is 2.21. The van der Waals surface area contributed by atoms with E-state index < -0.39 is 5.97 Å². The molecule has 0 saturated carbocycles. The van der Waals surface area contributed by atoms with Gasteiger partial charge in [-0.2, -0.15) is 0 Å². The maximum Gasteiger partial charge on any atom is 0.356 e. The molecule has 8 heteroatoms. The molecular weight excluding hydrogens is 296 g/mol. The van der Waals surface area contributed by atoms with Gasteiger partial charge in [0.25, 0.3) is 0 Å². The number of aromatic carboxylic acids is 1. The molecule has 7 nitrogen and oxygen atoms in total. The summed E-state index contributed by atoms with van der Waals surface area (Å²) >= 11 is 0.999. The highest BCUT2D eigenvalue weighted by Crippen LogP contribution is 2.36. The van der Waals surface area contributed by atoms with Crippen molar-refractivity contribution in [1.29, 1.82) is 0 Å². The SMILES string of the molecule is CC(=O)c1sc(Nc2ccc3c(c2)OCO3)nc1C(=O)O. The third kappa shape index (κ3) is 2.52. The van der Waals surface area contributed by atoms with E-state index in [0.717, 1.165) is 11.3 Å². The summed E-state index contributed by atoms with van der Waals surface area (Å²) < 4.78 is 10.5. The number of benzene rings is 1. The van der Waals surface area contributed by atoms with Gasteiger partial charge < -0.3 is 19.9 Å². The zero-order valence-corrected chi connectivity index (χ0v) is 11.7. The highest BCUT2D eigenvalue weighted by atomic mass is 32.1. The Morgan fingerprint density at radius 1 is 1.33 bits per heavy atom. The van der Waals surface area contributed by atoms with Gasteiger partial charge in [0.05, 0.1) is 0 Å². The van der Waals surface area contributed by atoms with Gasteiger partial charge >= 0.3 is 5.97 Å². The Bertz CT molecular complexity index is 709. The van der Waals surface area contributed by atoms with Crippen LogP contribution in [-0.4, -0.2) is 28.6 Å². The molecule has 2 N–H and O–H groups in total. The molecule has 2 aromatic rings. The van der Waals surface area contributed by atoms with Crippen LogP contribution in [0.5, 0.6) is 11.5 Å². The molecule has 1 aromatic heterocycles. The molecule has 3 rings (SSSR count). The van der Waals surface area contributed by atoms with E-state index >= 15 is 0 Å². The molecule has 0 atom stereocenters. The summed E-state index contributed by atoms with van der Waals surface area (Å²) in [6, 6.07) is 5.21. The van der Waals surface area contributed by atoms with E-state index in [1.54, 1.807) is 18.2 Å². The number of nitrogens with zero attached hydrogens (tertiary/aromatic N) is 1. The fraction of sp³-hybridized carbons (Fsp3) is 0.154. The lowest BCUT2D eigenvalue weighted by Crippen LogP contribution is -2.03. The van der Waals surface area contributed by atoms with E-state index in [4.69, 9.17) is 14.6 Å². The largest absolute Gasteiger partial charge is 0.476 e. The van der Waals surface area contributed by atoms with Crippen molar-refractivity contribution in [3.8, 4) is 11.5 Å². The second-order valence-corrected chi connectivity index (χ2v) is 5.25. The van der Waals surface area contributed by atoms with E-state index in [9.17, 15) is 9.59 Å². The number of fused-ring (bicyclic) bond motifs is 1. The van der Waals surface area contributed by atoms with Crippen LogP contribution in [0.1, 0.15) is 27.1 Å². The zero-order valence-electron chi connectivity index (χ0n) is 10.9. The van der Waals surface area contributed by atoms with Gasteiger partial charge in [-0.25, -0.2) is 9.78 Å². The molecule has 0 fully saturated rings. The van der Waals surface area contributed by atoms with Crippen LogP contribution in [0.4, 0.5) is 10.8 Å². The number of hydrogen-bond acceptors (Lipinski definition) is 7. The summed E-state index contributed by atoms with van der Waals surface area (Å²) in [7, 11) is 0. The van der Waals surface area contributed by atoms with Crippen LogP contribution in [0.15, 0.2) is 18.2 Å². The molecule has 0 saturated heterocycles. The van der Waals surface area contributed by atoms with Crippen molar-refractivity contribution in [2.24, 2.45) is 0 Å². The van der Waals surface area contributed by atoms with Gasteiger partial charge in [-0.1, -0.05) is 11.3 Å². The number of nitrogens with one attached hydrogen (secondary N) is 1. The predicted octanol–water partition coefficient (Wildman–Crippen LogP) is 2.52. The number of ketones is 1. The monoisotopic (exact) mass is 306 g/mol. The fourth-order valence-corrected chi connectivity index (χ4v) is 2.73. The van der Waals surface area contributed by atoms with Gasteiger partial charge in [-0.3, -0.25) is 4.79 Å². The number of rotatable bonds is 4. The van der Waals surface area contributed by atoms with Crippen LogP contribution in [0, 0.1) is 0 Å². The van der Waals surface area contributed by atoms with Gasteiger partial charge in [-0.15, -0.1) is 0 Å². The normalized spacial score (nSPS) is 12.2. The second kappa shape index (κ2) is 5.06. The van der Waals surface area contributed by atoms with Crippen LogP contribution < -0.4 is 14.8 Å². The van der Waals surface area contributed by atoms with Crippen LogP contribution in [-0.2, 0) is 0 Å². The Morgan fingerprint density at radius 3 is 2.76 bits per heavy atom. The minimum atomic E-state index is -1.23. The van der Waals surface area contributed by atoms with Crippen LogP contribution in [0.2, 0.25) is 0 Å². The number of hydrogen-bond donors (Lipinski definition) is 2. The Hall–Kier alpha value is -2.61. The molecule has 0 unspecified atom stereocenters. The number of carbonyl (C=O) groups excluding carboxylic acids is 1. The van der Waals surface area contributed by atoms with Crippen molar-refractivity contribution in [1.82, 2.24) is 4.98 Å². The van der Waals surface area contributed by atoms with Gasteiger partial charge in [0.1, 0.15) is 4.88 Å². The Balaban J connectivity index is 1.90. The number of anilines is 2. The topological polar surface area (TPSA) is 97.8 Å². The first-order chi connectivity index (χ1) is 10.0. The molecule has 1 aliphatic rings. The van der Waals surface area contributed by atoms with Crippen molar-refractivity contribution in [3.63, 3.8) is 0 Å². The van der Waals surface area contributed by atoms with Gasteiger partial charge in [0.15, 0.2) is 28.1 Å². The molecule has 0 amide bonds. The first kappa shape index (κ1) is 13.4. The van der Waals surface area contributed by atoms with Crippen molar-refractivity contribution in [3.05, 3.63) is 28.8 Å². The standard InChI is InChI=1S/C13H10N2O5S/c1-6(16)11-10(12(17)18)15-13(21-11)14-7-2-3-8-9(4-7)20-5-19-8/h2-4H,5H2,1H3,(H,14,15)(H,17,18). The quantitative estimate of drug-likeness (QED) is 0.837. The van der Waals surface area contributed by atoms with Crippen molar-refractivity contribution >= 4 is 33.9 Å². The third-order valence-electron chi connectivity index (χ3n) is 2.77. The summed E-state index contributed by atoms with van der Waals surface area (Å²) in [5.74, 6) is -0.309. The summed E-state index contributed by atoms with van der Waals surface area (Å²) in [5, 5.41) is 12.3. The number of carboxylic acid groups (broad SMARTS) is 1. The number of Topliss-reactive ketones (excluding diaryl/α,β-unsaturated/α-hetero) is 1. The molecule has 0 aliphatic carbocycles. The molecule has 0 bridgehead atoms. The molecule has 0 spiro atoms. The third-order valence-corrected chi connectivity index (χ3v) is 3.84. The fourth-order valence-electron chi connectivity index (χ4n) is 1.85. The van der Waals surface area contributed by atoms with Gasteiger partial charge in [0.2, 0.25) is 6.79 Å². The zero-order chi connectivity index (χ0) is 15.0. The van der Waals surface area contributed by atoms with Crippen molar-refractivity contribution < 1.29 is 24.2 Å². The minimum absolute atomic E-state index is 0.116. The van der Waals surface area contributed by atoms with E-state index in [2.05, 4.69) is 10.3 Å². The van der Waals surface area contributed by atoms with Crippen molar-refractivity contribution in [2.45, 2.75) is 6.92 Å². The number of ether oxygens (including phenoxy) is 2. The second-order valence-electron chi connectivity index (χ2n) is 4.25. The lowest BCUT2D eigenvalue weighted by atomic mass is 10.3. The van der Waals surface area contributed by atoms with Gasteiger partial charge in [-0.05, 0) is 12.1 Å². The molecule has 2 heterocycles. The summed E-state index contributed by atoms with van der Waals surface area (Å²) in [6.07, 6.45) is 0. The van der Waals surface area contributed by atoms with E-state index in [-0.39, 0.29) is 23.1 Å². The van der Waals surface area contributed by atoms with Crippen molar-refractivity contribution in [2.75, 3.05) is 12.1 Å². The van der Waals surface area contributed by atoms with Crippen LogP contribution in [0.25, 0.3) is 0 Å². The van der Waals surface area contributed by atoms with Gasteiger partial charge in [0, 0.05) is 18.7 Å². The summed E-state index contributed by atoms with van der Waals surface area (Å²) in [4.78, 5) is 26.6. The molecule has 1 aromatic carbocycles. The Kier molecular flexibility index (Phi) is 3.22. The van der Waals surface area contributed by atoms with Crippen LogP contribution >= 0.6 is 11.3 Å². The lowest BCUT2D eigenvalue weighted by Gasteiger charge is -2.03. The summed E-state index contributed by atoms with van der Waals surface area (Å²) in [5.41, 5.74) is 0.427. The highest BCUT2D eigenvalue weighted by molar-refractivity contribution is 7.17. The molecular formula is C13H10N2O5S. The minimum Gasteiger partial charge on any atom is -0.476 e.